The molecule has 0 aliphatic heterocycles. The lowest BCUT2D eigenvalue weighted by Gasteiger charge is -2.23. The maximum Gasteiger partial charge on any atom is 0.224 e. The summed E-state index contributed by atoms with van der Waals surface area (Å²) in [6.45, 7) is 7.10. The summed E-state index contributed by atoms with van der Waals surface area (Å²) in [5.41, 5.74) is 7.86. The third-order valence-electron chi connectivity index (χ3n) is 3.50. The van der Waals surface area contributed by atoms with Gasteiger partial charge < -0.3 is 11.1 Å². The molecule has 0 aliphatic rings. The number of carbonyl (C=O) groups excluding carboxylic acids is 1. The Morgan fingerprint density at radius 2 is 1.84 bits per heavy atom. The third kappa shape index (κ3) is 5.88. The van der Waals surface area contributed by atoms with E-state index >= 15 is 0 Å². The lowest BCUT2D eigenvalue weighted by Crippen LogP contribution is -2.20. The minimum atomic E-state index is 0.0781. The summed E-state index contributed by atoms with van der Waals surface area (Å²) in [6.07, 6.45) is 3.37. The molecule has 3 heteroatoms. The highest BCUT2D eigenvalue weighted by Crippen LogP contribution is 2.26. The summed E-state index contributed by atoms with van der Waals surface area (Å²) >= 11 is 0. The lowest BCUT2D eigenvalue weighted by molar-refractivity contribution is -0.116. The Labute approximate surface area is 116 Å². The second-order valence-corrected chi connectivity index (χ2v) is 5.80. The van der Waals surface area contributed by atoms with Crippen LogP contribution in [0.5, 0.6) is 0 Å². The maximum atomic E-state index is 11.9. The fourth-order valence-electron chi connectivity index (χ4n) is 2.01. The van der Waals surface area contributed by atoms with Gasteiger partial charge in [0.25, 0.3) is 0 Å². The van der Waals surface area contributed by atoms with Crippen molar-refractivity contribution in [2.75, 3.05) is 11.9 Å². The molecule has 1 aromatic carbocycles. The quantitative estimate of drug-likeness (QED) is 0.791. The molecule has 0 unspecified atom stereocenters. The summed E-state index contributed by atoms with van der Waals surface area (Å²) in [5, 5.41) is 2.94. The fourth-order valence-corrected chi connectivity index (χ4v) is 2.01. The zero-order valence-corrected chi connectivity index (χ0v) is 12.3. The minimum absolute atomic E-state index is 0.0781. The zero-order valence-electron chi connectivity index (χ0n) is 12.3. The van der Waals surface area contributed by atoms with Gasteiger partial charge in [0.1, 0.15) is 0 Å². The SMILES string of the molecule is CCc1ccc(NC(=O)CCC(C)(C)CCN)cc1. The normalized spacial score (nSPS) is 11.4. The van der Waals surface area contributed by atoms with Gasteiger partial charge in [0.2, 0.25) is 5.91 Å². The van der Waals surface area contributed by atoms with Crippen LogP contribution in [0.4, 0.5) is 5.69 Å². The molecule has 0 saturated carbocycles. The van der Waals surface area contributed by atoms with E-state index in [1.807, 2.05) is 24.3 Å². The topological polar surface area (TPSA) is 55.1 Å². The smallest absolute Gasteiger partial charge is 0.224 e. The molecule has 0 bridgehead atoms. The average Bonchev–Trinajstić information content (AvgIpc) is 2.37. The first kappa shape index (κ1) is 15.7. The standard InChI is InChI=1S/C16H26N2O/c1-4-13-5-7-14(8-6-13)18-15(19)9-10-16(2,3)11-12-17/h5-8H,4,9-12,17H2,1-3H3,(H,18,19). The average molecular weight is 262 g/mol. The second kappa shape index (κ2) is 7.29. The third-order valence-corrected chi connectivity index (χ3v) is 3.50. The van der Waals surface area contributed by atoms with Gasteiger partial charge in [0.05, 0.1) is 0 Å². The molecule has 3 nitrogen and oxygen atoms in total. The zero-order chi connectivity index (χ0) is 14.3. The molecule has 0 spiro atoms. The molecule has 1 aromatic rings. The number of hydrogen-bond donors (Lipinski definition) is 2. The fraction of sp³-hybridized carbons (Fsp3) is 0.562. The highest BCUT2D eigenvalue weighted by molar-refractivity contribution is 5.90. The Morgan fingerprint density at radius 3 is 2.37 bits per heavy atom. The highest BCUT2D eigenvalue weighted by atomic mass is 16.1. The van der Waals surface area contributed by atoms with Gasteiger partial charge >= 0.3 is 0 Å². The van der Waals surface area contributed by atoms with Gasteiger partial charge in [-0.2, -0.15) is 0 Å². The van der Waals surface area contributed by atoms with E-state index in [-0.39, 0.29) is 11.3 Å². The number of amides is 1. The molecule has 19 heavy (non-hydrogen) atoms. The number of hydrogen-bond acceptors (Lipinski definition) is 2. The van der Waals surface area contributed by atoms with Gasteiger partial charge in [-0.25, -0.2) is 0 Å². The van der Waals surface area contributed by atoms with Crippen molar-refractivity contribution in [2.24, 2.45) is 11.1 Å². The van der Waals surface area contributed by atoms with Crippen LogP contribution in [-0.4, -0.2) is 12.5 Å². The summed E-state index contributed by atoms with van der Waals surface area (Å²) in [4.78, 5) is 11.9. The van der Waals surface area contributed by atoms with Crippen molar-refractivity contribution >= 4 is 11.6 Å². The van der Waals surface area contributed by atoms with Crippen molar-refractivity contribution < 1.29 is 4.79 Å². The molecular weight excluding hydrogens is 236 g/mol. The number of nitrogens with one attached hydrogen (secondary N) is 1. The van der Waals surface area contributed by atoms with E-state index in [4.69, 9.17) is 5.73 Å². The van der Waals surface area contributed by atoms with Gasteiger partial charge in [-0.15, -0.1) is 0 Å². The van der Waals surface area contributed by atoms with Crippen LogP contribution in [0.15, 0.2) is 24.3 Å². The van der Waals surface area contributed by atoms with Gasteiger partial charge in [-0.1, -0.05) is 32.9 Å². The molecule has 3 N–H and O–H groups in total. The van der Waals surface area contributed by atoms with Crippen molar-refractivity contribution in [1.29, 1.82) is 0 Å². The predicted molar refractivity (Wildman–Crippen MR) is 81.1 cm³/mol. The van der Waals surface area contributed by atoms with E-state index in [0.29, 0.717) is 13.0 Å². The van der Waals surface area contributed by atoms with E-state index in [2.05, 4.69) is 26.1 Å². The summed E-state index contributed by atoms with van der Waals surface area (Å²) in [6, 6.07) is 8.02. The van der Waals surface area contributed by atoms with Crippen molar-refractivity contribution in [3.63, 3.8) is 0 Å². The van der Waals surface area contributed by atoms with Gasteiger partial charge in [-0.3, -0.25) is 4.79 Å². The molecule has 1 amide bonds. The molecule has 0 radical (unpaired) electrons. The molecule has 0 heterocycles. The van der Waals surface area contributed by atoms with Crippen LogP contribution in [-0.2, 0) is 11.2 Å². The second-order valence-electron chi connectivity index (χ2n) is 5.80. The number of nitrogens with two attached hydrogens (primary N) is 1. The van der Waals surface area contributed by atoms with E-state index in [0.717, 1.165) is 24.9 Å². The van der Waals surface area contributed by atoms with Crippen LogP contribution < -0.4 is 11.1 Å². The summed E-state index contributed by atoms with van der Waals surface area (Å²) in [5.74, 6) is 0.0781. The number of carbonyl (C=O) groups is 1. The Bertz CT molecular complexity index is 396. The number of aryl methyl sites for hydroxylation is 1. The number of anilines is 1. The Hall–Kier alpha value is -1.35. The van der Waals surface area contributed by atoms with E-state index < -0.39 is 0 Å². The van der Waals surface area contributed by atoms with E-state index in [1.54, 1.807) is 0 Å². The molecule has 0 aromatic heterocycles. The number of rotatable bonds is 7. The van der Waals surface area contributed by atoms with Crippen molar-refractivity contribution in [3.05, 3.63) is 29.8 Å². The van der Waals surface area contributed by atoms with E-state index in [1.165, 1.54) is 5.56 Å². The molecule has 0 atom stereocenters. The van der Waals surface area contributed by atoms with E-state index in [9.17, 15) is 4.79 Å². The Kier molecular flexibility index (Phi) is 6.03. The van der Waals surface area contributed by atoms with Gasteiger partial charge in [-0.05, 0) is 48.9 Å². The van der Waals surface area contributed by atoms with Gasteiger partial charge in [0.15, 0.2) is 0 Å². The van der Waals surface area contributed by atoms with Crippen LogP contribution >= 0.6 is 0 Å². The van der Waals surface area contributed by atoms with Crippen molar-refractivity contribution in [1.82, 2.24) is 0 Å². The van der Waals surface area contributed by atoms with Crippen molar-refractivity contribution in [2.45, 2.75) is 46.5 Å². The van der Waals surface area contributed by atoms with Crippen LogP contribution in [0.1, 0.15) is 45.6 Å². The van der Waals surface area contributed by atoms with Crippen LogP contribution in [0.2, 0.25) is 0 Å². The molecular formula is C16H26N2O. The van der Waals surface area contributed by atoms with Gasteiger partial charge in [0, 0.05) is 12.1 Å². The highest BCUT2D eigenvalue weighted by Gasteiger charge is 2.18. The van der Waals surface area contributed by atoms with Crippen LogP contribution in [0.25, 0.3) is 0 Å². The first-order valence-electron chi connectivity index (χ1n) is 7.06. The van der Waals surface area contributed by atoms with Crippen LogP contribution in [0, 0.1) is 5.41 Å². The molecule has 0 saturated heterocycles. The first-order valence-corrected chi connectivity index (χ1v) is 7.06. The molecule has 1 rings (SSSR count). The summed E-state index contributed by atoms with van der Waals surface area (Å²) < 4.78 is 0. The first-order chi connectivity index (χ1) is 8.96. The number of benzene rings is 1. The Morgan fingerprint density at radius 1 is 1.21 bits per heavy atom. The lowest BCUT2D eigenvalue weighted by atomic mass is 9.84. The minimum Gasteiger partial charge on any atom is -0.330 e. The molecule has 0 aliphatic carbocycles. The Balaban J connectivity index is 2.42. The molecule has 0 fully saturated rings. The van der Waals surface area contributed by atoms with Crippen molar-refractivity contribution in [3.8, 4) is 0 Å². The monoisotopic (exact) mass is 262 g/mol. The predicted octanol–water partition coefficient (Wildman–Crippen LogP) is 3.34. The maximum absolute atomic E-state index is 11.9. The molecule has 106 valence electrons. The largest absolute Gasteiger partial charge is 0.330 e. The van der Waals surface area contributed by atoms with Crippen LogP contribution in [0.3, 0.4) is 0 Å². The summed E-state index contributed by atoms with van der Waals surface area (Å²) in [7, 11) is 0.